The number of carbonyl (C=O) groups excluding carboxylic acids is 2. The number of rotatable bonds is 14. The predicted octanol–water partition coefficient (Wildman–Crippen LogP) is 1.57. The molecular formula is C26H25F2N5O9S2. The van der Waals surface area contributed by atoms with Crippen molar-refractivity contribution in [2.24, 2.45) is 5.73 Å². The van der Waals surface area contributed by atoms with Gasteiger partial charge < -0.3 is 34.6 Å². The van der Waals surface area contributed by atoms with E-state index in [4.69, 9.17) is 19.9 Å². The summed E-state index contributed by atoms with van der Waals surface area (Å²) in [4.78, 5) is 30.7. The molecule has 234 valence electrons. The number of hydrogen-bond acceptors (Lipinski definition) is 11. The average Bonchev–Trinajstić information content (AvgIpc) is 3.38. The van der Waals surface area contributed by atoms with Gasteiger partial charge in [0.05, 0.1) is 36.7 Å². The van der Waals surface area contributed by atoms with Gasteiger partial charge in [0, 0.05) is 29.5 Å². The normalized spacial score (nSPS) is 12.1. The number of amides is 2. The molecule has 0 bridgehead atoms. The van der Waals surface area contributed by atoms with Crippen LogP contribution >= 0.6 is 0 Å². The summed E-state index contributed by atoms with van der Waals surface area (Å²) in [5, 5.41) is 1.81. The highest BCUT2D eigenvalue weighted by Gasteiger charge is 2.33. The topological polar surface area (TPSA) is 197 Å². The number of pyridine rings is 1. The Balaban J connectivity index is 1.72. The first kappa shape index (κ1) is 32.2. The molecule has 0 aliphatic carbocycles. The predicted molar refractivity (Wildman–Crippen MR) is 151 cm³/mol. The third kappa shape index (κ3) is 7.26. The molecule has 0 radical (unpaired) electrons. The van der Waals surface area contributed by atoms with Crippen LogP contribution in [-0.2, 0) is 36.5 Å². The highest BCUT2D eigenvalue weighted by Crippen LogP contribution is 2.34. The van der Waals surface area contributed by atoms with Crippen LogP contribution in [0.1, 0.15) is 5.69 Å². The Bertz CT molecular complexity index is 1770. The molecule has 2 aromatic heterocycles. The van der Waals surface area contributed by atoms with Gasteiger partial charge in [-0.05, 0) is 36.4 Å². The third-order valence-electron chi connectivity index (χ3n) is 5.81. The van der Waals surface area contributed by atoms with Crippen LogP contribution in [0.25, 0.3) is 11.0 Å². The van der Waals surface area contributed by atoms with E-state index >= 15 is 0 Å². The number of ether oxygens (including phenoxy) is 4. The number of carbonyl (C=O) groups is 2. The van der Waals surface area contributed by atoms with Crippen LogP contribution in [0.2, 0.25) is 0 Å². The lowest BCUT2D eigenvalue weighted by Gasteiger charge is -2.15. The van der Waals surface area contributed by atoms with Crippen LogP contribution in [0.3, 0.4) is 0 Å². The molecule has 0 spiro atoms. The van der Waals surface area contributed by atoms with Crippen LogP contribution in [0.5, 0.6) is 23.0 Å². The number of fused-ring (bicyclic) bond motifs is 1. The standard InChI is InChI=1S/C26H25F2N5O9S2/c1-39-21-9-10-30-19(24(21)40-2)14-43(36)26-32-18-8-5-16(42-25(27)28)11-20(18)33(26)44(37,38)17-6-3-15(4-7-17)41-13-23(35)31-12-22(29)34/h3-11,25H,12-14H2,1-2H3,(H2,29,34)(H,31,35). The highest BCUT2D eigenvalue weighted by molar-refractivity contribution is 7.93. The zero-order chi connectivity index (χ0) is 32.0. The van der Waals surface area contributed by atoms with E-state index in [9.17, 15) is 31.3 Å². The van der Waals surface area contributed by atoms with Crippen molar-refractivity contribution in [2.45, 2.75) is 22.4 Å². The minimum Gasteiger partial charge on any atom is -0.609 e. The maximum absolute atomic E-state index is 14.0. The molecule has 2 aromatic carbocycles. The van der Waals surface area contributed by atoms with Gasteiger partial charge in [-0.2, -0.15) is 17.7 Å². The molecule has 4 rings (SSSR count). The van der Waals surface area contributed by atoms with Crippen molar-refractivity contribution in [3.63, 3.8) is 0 Å². The second-order valence-electron chi connectivity index (χ2n) is 8.68. The van der Waals surface area contributed by atoms with E-state index in [-0.39, 0.29) is 51.2 Å². The first-order chi connectivity index (χ1) is 20.9. The van der Waals surface area contributed by atoms with Crippen molar-refractivity contribution in [1.82, 2.24) is 19.3 Å². The quantitative estimate of drug-likeness (QED) is 0.187. The van der Waals surface area contributed by atoms with Crippen molar-refractivity contribution >= 4 is 44.0 Å². The SMILES string of the molecule is COc1ccnc(C[S+]([O-])c2nc3ccc(OC(F)F)cc3n2S(=O)(=O)c2ccc(OCC(=O)NCC(N)=O)cc2)c1OC. The number of benzene rings is 2. The summed E-state index contributed by atoms with van der Waals surface area (Å²) in [5.74, 6) is -1.48. The zero-order valence-electron chi connectivity index (χ0n) is 23.1. The number of hydrogen-bond donors (Lipinski definition) is 2. The number of primary amides is 1. The fourth-order valence-electron chi connectivity index (χ4n) is 3.90. The molecule has 14 nitrogen and oxygen atoms in total. The van der Waals surface area contributed by atoms with Gasteiger partial charge in [0.15, 0.2) is 23.9 Å². The van der Waals surface area contributed by atoms with E-state index in [1.54, 1.807) is 0 Å². The Morgan fingerprint density at radius 3 is 2.43 bits per heavy atom. The molecule has 3 N–H and O–H groups in total. The molecule has 0 aliphatic rings. The smallest absolute Gasteiger partial charge is 0.387 e. The summed E-state index contributed by atoms with van der Waals surface area (Å²) >= 11 is -2.17. The number of nitrogens with two attached hydrogens (primary N) is 1. The summed E-state index contributed by atoms with van der Waals surface area (Å²) in [7, 11) is -1.81. The first-order valence-corrected chi connectivity index (χ1v) is 15.2. The van der Waals surface area contributed by atoms with E-state index in [2.05, 4.69) is 20.0 Å². The van der Waals surface area contributed by atoms with E-state index in [1.165, 1.54) is 50.7 Å². The van der Waals surface area contributed by atoms with Crippen molar-refractivity contribution in [3.05, 3.63) is 60.4 Å². The number of halogens is 2. The van der Waals surface area contributed by atoms with Gasteiger partial charge in [-0.3, -0.25) is 14.6 Å². The molecule has 0 saturated heterocycles. The van der Waals surface area contributed by atoms with Crippen LogP contribution in [0.15, 0.2) is 64.8 Å². The fraction of sp³-hybridized carbons (Fsp3) is 0.231. The number of methoxy groups -OCH3 is 2. The van der Waals surface area contributed by atoms with Gasteiger partial charge in [-0.25, -0.2) is 8.42 Å². The second-order valence-corrected chi connectivity index (χ2v) is 11.8. The lowest BCUT2D eigenvalue weighted by Crippen LogP contribution is -2.36. The molecule has 2 amide bonds. The Labute approximate surface area is 252 Å². The van der Waals surface area contributed by atoms with Crippen LogP contribution in [0.4, 0.5) is 8.78 Å². The molecule has 0 fully saturated rings. The van der Waals surface area contributed by atoms with E-state index < -0.39 is 51.4 Å². The van der Waals surface area contributed by atoms with Gasteiger partial charge in [0.1, 0.15) is 17.2 Å². The maximum atomic E-state index is 14.0. The lowest BCUT2D eigenvalue weighted by atomic mass is 10.3. The number of nitrogens with zero attached hydrogens (tertiary/aromatic N) is 3. The van der Waals surface area contributed by atoms with Crippen molar-refractivity contribution in [2.75, 3.05) is 27.4 Å². The van der Waals surface area contributed by atoms with Crippen molar-refractivity contribution in [3.8, 4) is 23.0 Å². The van der Waals surface area contributed by atoms with E-state index in [1.807, 2.05) is 0 Å². The minimum absolute atomic E-state index is 0.0334. The average molecular weight is 654 g/mol. The Morgan fingerprint density at radius 1 is 1.09 bits per heavy atom. The Morgan fingerprint density at radius 2 is 1.80 bits per heavy atom. The number of aromatic nitrogens is 3. The monoisotopic (exact) mass is 653 g/mol. The summed E-state index contributed by atoms with van der Waals surface area (Å²) in [5.41, 5.74) is 5.01. The fourth-order valence-corrected chi connectivity index (χ4v) is 6.86. The van der Waals surface area contributed by atoms with Crippen molar-refractivity contribution in [1.29, 1.82) is 0 Å². The van der Waals surface area contributed by atoms with Crippen LogP contribution < -0.4 is 30.0 Å². The summed E-state index contributed by atoms with van der Waals surface area (Å²) in [6.07, 6.45) is 1.40. The maximum Gasteiger partial charge on any atom is 0.387 e. The molecule has 1 unspecified atom stereocenters. The summed E-state index contributed by atoms with van der Waals surface area (Å²) in [6, 6.07) is 9.84. The number of nitrogens with one attached hydrogen (secondary N) is 1. The van der Waals surface area contributed by atoms with Gasteiger partial charge >= 0.3 is 11.8 Å². The molecule has 2 heterocycles. The van der Waals surface area contributed by atoms with Crippen molar-refractivity contribution < 1.29 is 50.3 Å². The highest BCUT2D eigenvalue weighted by atomic mass is 32.2. The summed E-state index contributed by atoms with van der Waals surface area (Å²) in [6.45, 7) is -4.05. The van der Waals surface area contributed by atoms with Gasteiger partial charge in [-0.15, -0.1) is 0 Å². The third-order valence-corrected chi connectivity index (χ3v) is 8.86. The molecule has 44 heavy (non-hydrogen) atoms. The molecule has 0 saturated carbocycles. The minimum atomic E-state index is -4.57. The van der Waals surface area contributed by atoms with Gasteiger partial charge in [-0.1, -0.05) is 0 Å². The molecule has 1 atom stereocenters. The van der Waals surface area contributed by atoms with Crippen LogP contribution in [-0.4, -0.2) is 72.7 Å². The number of imidazole rings is 1. The lowest BCUT2D eigenvalue weighted by molar-refractivity contribution is -0.126. The molecular weight excluding hydrogens is 628 g/mol. The second kappa shape index (κ2) is 13.7. The first-order valence-electron chi connectivity index (χ1n) is 12.4. The van der Waals surface area contributed by atoms with Gasteiger partial charge in [0.2, 0.25) is 5.91 Å². The van der Waals surface area contributed by atoms with Crippen LogP contribution in [0, 0.1) is 0 Å². The van der Waals surface area contributed by atoms with E-state index in [0.717, 1.165) is 18.2 Å². The molecule has 0 aliphatic heterocycles. The van der Waals surface area contributed by atoms with E-state index in [0.29, 0.717) is 9.72 Å². The summed E-state index contributed by atoms with van der Waals surface area (Å²) < 4.78 is 88.6. The zero-order valence-corrected chi connectivity index (χ0v) is 24.7. The molecule has 18 heteroatoms. The molecule has 4 aromatic rings. The number of alkyl halides is 2. The van der Waals surface area contributed by atoms with Gasteiger partial charge in [0.25, 0.3) is 15.9 Å². The Kier molecular flexibility index (Phi) is 10.1. The largest absolute Gasteiger partial charge is 0.609 e. The Hall–Kier alpha value is -4.68.